The fourth-order valence-corrected chi connectivity index (χ4v) is 1.55. The molecule has 0 aromatic carbocycles. The molecule has 0 aliphatic heterocycles. The molecule has 5 nitrogen and oxygen atoms in total. The van der Waals surface area contributed by atoms with Gasteiger partial charge in [0.05, 0.1) is 0 Å². The minimum atomic E-state index is -0.126. The number of ether oxygens (including phenoxy) is 1. The largest absolute Gasteiger partial charge is 0.388 e. The number of pyridine rings is 1. The normalized spacial score (nSPS) is 10.1. The van der Waals surface area contributed by atoms with E-state index in [1.54, 1.807) is 19.4 Å². The lowest BCUT2D eigenvalue weighted by Gasteiger charge is -2.06. The molecule has 0 atom stereocenters. The maximum atomic E-state index is 11.8. The summed E-state index contributed by atoms with van der Waals surface area (Å²) in [5, 5.41) is 5.84. The van der Waals surface area contributed by atoms with Crippen LogP contribution in [0.2, 0.25) is 0 Å². The smallest absolute Gasteiger partial charge is 0.269 e. The second kappa shape index (κ2) is 8.47. The number of anilines is 1. The highest BCUT2D eigenvalue weighted by Gasteiger charge is 2.06. The van der Waals surface area contributed by atoms with Crippen molar-refractivity contribution >= 4 is 11.6 Å². The third-order valence-electron chi connectivity index (χ3n) is 2.59. The van der Waals surface area contributed by atoms with Crippen LogP contribution in [-0.4, -0.2) is 38.2 Å². The van der Waals surface area contributed by atoms with Gasteiger partial charge < -0.3 is 15.4 Å². The van der Waals surface area contributed by atoms with Gasteiger partial charge in [0.1, 0.15) is 5.69 Å². The van der Waals surface area contributed by atoms with Crippen molar-refractivity contribution in [1.29, 1.82) is 0 Å². The SMILES string of the molecule is CNc1ccnc(C(=O)NCCCCCOC)c1. The topological polar surface area (TPSA) is 63.2 Å². The predicted octanol–water partition coefficient (Wildman–Crippen LogP) is 1.67. The Bertz CT molecular complexity index is 369. The van der Waals surface area contributed by atoms with Crippen LogP contribution in [0.4, 0.5) is 5.69 Å². The van der Waals surface area contributed by atoms with E-state index in [9.17, 15) is 4.79 Å². The van der Waals surface area contributed by atoms with Crippen LogP contribution >= 0.6 is 0 Å². The number of aromatic nitrogens is 1. The molecule has 5 heteroatoms. The van der Waals surface area contributed by atoms with Crippen molar-refractivity contribution in [3.8, 4) is 0 Å². The van der Waals surface area contributed by atoms with Gasteiger partial charge >= 0.3 is 0 Å². The Morgan fingerprint density at radius 3 is 2.94 bits per heavy atom. The molecule has 2 N–H and O–H groups in total. The van der Waals surface area contributed by atoms with E-state index in [1.165, 1.54) is 0 Å². The molecule has 1 heterocycles. The van der Waals surface area contributed by atoms with E-state index in [0.29, 0.717) is 12.2 Å². The predicted molar refractivity (Wildman–Crippen MR) is 71.8 cm³/mol. The van der Waals surface area contributed by atoms with Crippen LogP contribution in [0, 0.1) is 0 Å². The zero-order chi connectivity index (χ0) is 13.2. The minimum absolute atomic E-state index is 0.126. The molecular formula is C13H21N3O2. The lowest BCUT2D eigenvalue weighted by Crippen LogP contribution is -2.25. The maximum absolute atomic E-state index is 11.8. The fraction of sp³-hybridized carbons (Fsp3) is 0.538. The molecule has 0 bridgehead atoms. The van der Waals surface area contributed by atoms with Gasteiger partial charge in [-0.1, -0.05) is 0 Å². The molecule has 0 unspecified atom stereocenters. The second-order valence-corrected chi connectivity index (χ2v) is 3.99. The molecule has 18 heavy (non-hydrogen) atoms. The second-order valence-electron chi connectivity index (χ2n) is 3.99. The van der Waals surface area contributed by atoms with Crippen molar-refractivity contribution in [1.82, 2.24) is 10.3 Å². The number of carbonyl (C=O) groups is 1. The Morgan fingerprint density at radius 1 is 1.39 bits per heavy atom. The Kier molecular flexibility index (Phi) is 6.79. The number of rotatable bonds is 8. The van der Waals surface area contributed by atoms with Crippen LogP contribution in [0.5, 0.6) is 0 Å². The van der Waals surface area contributed by atoms with Crippen LogP contribution in [0.1, 0.15) is 29.8 Å². The number of amides is 1. The molecule has 1 aromatic rings. The number of carbonyl (C=O) groups excluding carboxylic acids is 1. The summed E-state index contributed by atoms with van der Waals surface area (Å²) in [4.78, 5) is 15.8. The Balaban J connectivity index is 2.27. The highest BCUT2D eigenvalue weighted by Crippen LogP contribution is 2.06. The van der Waals surface area contributed by atoms with Crippen molar-refractivity contribution < 1.29 is 9.53 Å². The van der Waals surface area contributed by atoms with Gasteiger partial charge in [-0.25, -0.2) is 0 Å². The van der Waals surface area contributed by atoms with Crippen LogP contribution in [0.3, 0.4) is 0 Å². The first-order chi connectivity index (χ1) is 8.77. The number of unbranched alkanes of at least 4 members (excludes halogenated alkanes) is 2. The third kappa shape index (κ3) is 5.14. The van der Waals surface area contributed by atoms with Gasteiger partial charge in [0, 0.05) is 39.2 Å². The summed E-state index contributed by atoms with van der Waals surface area (Å²) in [6, 6.07) is 3.56. The molecular weight excluding hydrogens is 230 g/mol. The average molecular weight is 251 g/mol. The summed E-state index contributed by atoms with van der Waals surface area (Å²) in [7, 11) is 3.51. The fourth-order valence-electron chi connectivity index (χ4n) is 1.55. The van der Waals surface area contributed by atoms with E-state index in [-0.39, 0.29) is 5.91 Å². The number of nitrogens with one attached hydrogen (secondary N) is 2. The minimum Gasteiger partial charge on any atom is -0.388 e. The van der Waals surface area contributed by atoms with Crippen LogP contribution in [-0.2, 0) is 4.74 Å². The first-order valence-corrected chi connectivity index (χ1v) is 6.19. The van der Waals surface area contributed by atoms with Gasteiger partial charge in [-0.05, 0) is 31.4 Å². The molecule has 0 saturated heterocycles. The van der Waals surface area contributed by atoms with Crippen molar-refractivity contribution in [2.75, 3.05) is 32.6 Å². The van der Waals surface area contributed by atoms with Gasteiger partial charge in [0.25, 0.3) is 5.91 Å². The molecule has 0 radical (unpaired) electrons. The van der Waals surface area contributed by atoms with E-state index in [1.807, 2.05) is 13.1 Å². The summed E-state index contributed by atoms with van der Waals surface area (Å²) in [5.41, 5.74) is 1.33. The molecule has 0 aliphatic carbocycles. The molecule has 0 aliphatic rings. The first-order valence-electron chi connectivity index (χ1n) is 6.19. The summed E-state index contributed by atoms with van der Waals surface area (Å²) >= 11 is 0. The van der Waals surface area contributed by atoms with E-state index < -0.39 is 0 Å². The van der Waals surface area contributed by atoms with Crippen molar-refractivity contribution in [3.05, 3.63) is 24.0 Å². The number of hydrogen-bond donors (Lipinski definition) is 2. The number of methoxy groups -OCH3 is 1. The van der Waals surface area contributed by atoms with Gasteiger partial charge in [-0.15, -0.1) is 0 Å². The van der Waals surface area contributed by atoms with Gasteiger partial charge in [0.15, 0.2) is 0 Å². The number of nitrogens with zero attached hydrogens (tertiary/aromatic N) is 1. The van der Waals surface area contributed by atoms with Crippen LogP contribution < -0.4 is 10.6 Å². The zero-order valence-electron chi connectivity index (χ0n) is 11.0. The van der Waals surface area contributed by atoms with Gasteiger partial charge in [0.2, 0.25) is 0 Å². The van der Waals surface area contributed by atoms with Crippen LogP contribution in [0.15, 0.2) is 18.3 Å². The highest BCUT2D eigenvalue weighted by atomic mass is 16.5. The first kappa shape index (κ1) is 14.4. The van der Waals surface area contributed by atoms with E-state index >= 15 is 0 Å². The van der Waals surface area contributed by atoms with E-state index in [4.69, 9.17) is 4.74 Å². The lowest BCUT2D eigenvalue weighted by molar-refractivity contribution is 0.0947. The standard InChI is InChI=1S/C13H21N3O2/c1-14-11-6-8-15-12(10-11)13(17)16-7-4-3-5-9-18-2/h6,8,10H,3-5,7,9H2,1-2H3,(H,14,15)(H,16,17). The zero-order valence-corrected chi connectivity index (χ0v) is 11.0. The van der Waals surface area contributed by atoms with Crippen LogP contribution in [0.25, 0.3) is 0 Å². The quantitative estimate of drug-likeness (QED) is 0.690. The maximum Gasteiger partial charge on any atom is 0.269 e. The summed E-state index contributed by atoms with van der Waals surface area (Å²) in [6.45, 7) is 1.45. The molecule has 1 rings (SSSR count). The van der Waals surface area contributed by atoms with E-state index in [0.717, 1.165) is 31.6 Å². The highest BCUT2D eigenvalue weighted by molar-refractivity contribution is 5.93. The summed E-state index contributed by atoms with van der Waals surface area (Å²) in [6.07, 6.45) is 4.66. The monoisotopic (exact) mass is 251 g/mol. The molecule has 0 spiro atoms. The lowest BCUT2D eigenvalue weighted by atomic mass is 10.2. The van der Waals surface area contributed by atoms with E-state index in [2.05, 4.69) is 15.6 Å². The van der Waals surface area contributed by atoms with Gasteiger partial charge in [-0.2, -0.15) is 0 Å². The van der Waals surface area contributed by atoms with Crippen molar-refractivity contribution in [2.45, 2.75) is 19.3 Å². The molecule has 0 fully saturated rings. The molecule has 1 aromatic heterocycles. The Hall–Kier alpha value is -1.62. The third-order valence-corrected chi connectivity index (χ3v) is 2.59. The summed E-state index contributed by atoms with van der Waals surface area (Å²) in [5.74, 6) is -0.126. The Labute approximate surface area is 108 Å². The average Bonchev–Trinajstić information content (AvgIpc) is 2.42. The summed E-state index contributed by atoms with van der Waals surface area (Å²) < 4.78 is 4.96. The van der Waals surface area contributed by atoms with Crippen molar-refractivity contribution in [2.24, 2.45) is 0 Å². The molecule has 1 amide bonds. The van der Waals surface area contributed by atoms with Crippen molar-refractivity contribution in [3.63, 3.8) is 0 Å². The Morgan fingerprint density at radius 2 is 2.22 bits per heavy atom. The number of hydrogen-bond acceptors (Lipinski definition) is 4. The van der Waals surface area contributed by atoms with Gasteiger partial charge in [-0.3, -0.25) is 9.78 Å². The molecule has 0 saturated carbocycles. The molecule has 100 valence electrons.